The Hall–Kier alpha value is -3.61. The Morgan fingerprint density at radius 2 is 1.72 bits per heavy atom. The Balaban J connectivity index is 1.65. The van der Waals surface area contributed by atoms with Gasteiger partial charge in [0.25, 0.3) is 5.91 Å². The van der Waals surface area contributed by atoms with Crippen molar-refractivity contribution in [1.82, 2.24) is 9.78 Å². The summed E-state index contributed by atoms with van der Waals surface area (Å²) >= 11 is 0. The Morgan fingerprint density at radius 1 is 1.00 bits per heavy atom. The number of hydrogen-bond acceptors (Lipinski definition) is 4. The molecule has 0 aliphatic rings. The zero-order valence-electron chi connectivity index (χ0n) is 16.7. The van der Waals surface area contributed by atoms with Crippen molar-refractivity contribution in [2.45, 2.75) is 32.9 Å². The molecule has 0 spiro atoms. The van der Waals surface area contributed by atoms with Crippen LogP contribution in [0.25, 0.3) is 0 Å². The minimum absolute atomic E-state index is 0.235. The molecule has 0 aliphatic heterocycles. The summed E-state index contributed by atoms with van der Waals surface area (Å²) in [7, 11) is 0. The topological polar surface area (TPSA) is 85.2 Å². The predicted molar refractivity (Wildman–Crippen MR) is 112 cm³/mol. The van der Waals surface area contributed by atoms with Gasteiger partial charge in [0, 0.05) is 29.3 Å². The van der Waals surface area contributed by atoms with Gasteiger partial charge in [0.05, 0.1) is 6.54 Å². The smallest absolute Gasteiger partial charge is 0.412 e. The molecule has 3 aromatic rings. The number of rotatable bonds is 5. The first-order valence-electron chi connectivity index (χ1n) is 9.27. The highest BCUT2D eigenvalue weighted by atomic mass is 16.6. The zero-order chi connectivity index (χ0) is 20.9. The van der Waals surface area contributed by atoms with Gasteiger partial charge in [-0.3, -0.25) is 14.8 Å². The van der Waals surface area contributed by atoms with Gasteiger partial charge < -0.3 is 10.1 Å². The third-order valence-electron chi connectivity index (χ3n) is 3.95. The molecule has 0 atom stereocenters. The van der Waals surface area contributed by atoms with Crippen LogP contribution in [0, 0.1) is 0 Å². The number of para-hydroxylation sites is 1. The maximum Gasteiger partial charge on any atom is 0.412 e. The summed E-state index contributed by atoms with van der Waals surface area (Å²) in [5.74, 6) is -0.235. The van der Waals surface area contributed by atoms with E-state index in [9.17, 15) is 9.59 Å². The summed E-state index contributed by atoms with van der Waals surface area (Å²) < 4.78 is 7.01. The predicted octanol–water partition coefficient (Wildman–Crippen LogP) is 4.53. The van der Waals surface area contributed by atoms with Crippen LogP contribution in [-0.4, -0.2) is 27.4 Å². The zero-order valence-corrected chi connectivity index (χ0v) is 16.7. The highest BCUT2D eigenvalue weighted by Gasteiger charge is 2.16. The summed E-state index contributed by atoms with van der Waals surface area (Å²) in [4.78, 5) is 24.5. The Labute approximate surface area is 169 Å². The largest absolute Gasteiger partial charge is 0.444 e. The monoisotopic (exact) mass is 392 g/mol. The van der Waals surface area contributed by atoms with Crippen LogP contribution >= 0.6 is 0 Å². The van der Waals surface area contributed by atoms with Crippen LogP contribution in [0.1, 0.15) is 36.7 Å². The van der Waals surface area contributed by atoms with Crippen molar-refractivity contribution in [3.8, 4) is 0 Å². The third kappa shape index (κ3) is 5.93. The number of carbonyl (C=O) groups is 2. The van der Waals surface area contributed by atoms with Gasteiger partial charge in [0.15, 0.2) is 0 Å². The van der Waals surface area contributed by atoms with Gasteiger partial charge in [-0.05, 0) is 62.7 Å². The van der Waals surface area contributed by atoms with E-state index in [1.165, 1.54) is 0 Å². The van der Waals surface area contributed by atoms with Gasteiger partial charge in [-0.2, -0.15) is 5.10 Å². The molecule has 1 aromatic heterocycles. The average molecular weight is 392 g/mol. The lowest BCUT2D eigenvalue weighted by atomic mass is 10.1. The molecule has 2 aromatic carbocycles. The van der Waals surface area contributed by atoms with Gasteiger partial charge >= 0.3 is 6.09 Å². The van der Waals surface area contributed by atoms with Gasteiger partial charge in [-0.1, -0.05) is 18.2 Å². The molecular formula is C22H24N4O3. The second kappa shape index (κ2) is 8.60. The van der Waals surface area contributed by atoms with Crippen molar-refractivity contribution < 1.29 is 14.3 Å². The molecule has 0 aliphatic carbocycles. The number of aromatic nitrogens is 2. The summed E-state index contributed by atoms with van der Waals surface area (Å²) in [6, 6.07) is 16.1. The standard InChI is InChI=1S/C22H24N4O3/c1-22(2,3)29-21(28)24-18-11-9-16(10-12-18)20(27)25-19-8-5-4-7-17(19)15-26-14-6-13-23-26/h4-14H,15H2,1-3H3,(H,24,28)(H,25,27). The number of hydrogen-bond donors (Lipinski definition) is 2. The molecule has 29 heavy (non-hydrogen) atoms. The SMILES string of the molecule is CC(C)(C)OC(=O)Nc1ccc(C(=O)Nc2ccccc2Cn2cccn2)cc1. The van der Waals surface area contributed by atoms with Gasteiger partial charge in [-0.25, -0.2) is 4.79 Å². The number of benzene rings is 2. The fourth-order valence-corrected chi connectivity index (χ4v) is 2.67. The minimum atomic E-state index is -0.576. The van der Waals surface area contributed by atoms with Crippen LogP contribution in [0.5, 0.6) is 0 Å². The van der Waals surface area contributed by atoms with E-state index in [-0.39, 0.29) is 5.91 Å². The Morgan fingerprint density at radius 3 is 2.38 bits per heavy atom. The molecule has 0 saturated heterocycles. The molecule has 150 valence electrons. The second-order valence-corrected chi connectivity index (χ2v) is 7.52. The number of anilines is 2. The van der Waals surface area contributed by atoms with Crippen molar-refractivity contribution in [2.75, 3.05) is 10.6 Å². The molecule has 0 saturated carbocycles. The first-order valence-corrected chi connectivity index (χ1v) is 9.27. The van der Waals surface area contributed by atoms with Crippen molar-refractivity contribution in [3.05, 3.63) is 78.1 Å². The van der Waals surface area contributed by atoms with E-state index in [2.05, 4.69) is 15.7 Å². The van der Waals surface area contributed by atoms with Crippen molar-refractivity contribution in [3.63, 3.8) is 0 Å². The molecule has 2 amide bonds. The maximum absolute atomic E-state index is 12.6. The highest BCUT2D eigenvalue weighted by Crippen LogP contribution is 2.18. The van der Waals surface area contributed by atoms with Gasteiger partial charge in [0.2, 0.25) is 0 Å². The third-order valence-corrected chi connectivity index (χ3v) is 3.95. The molecule has 2 N–H and O–H groups in total. The molecule has 1 heterocycles. The lowest BCUT2D eigenvalue weighted by molar-refractivity contribution is 0.0636. The molecule has 0 unspecified atom stereocenters. The lowest BCUT2D eigenvalue weighted by Crippen LogP contribution is -2.27. The maximum atomic E-state index is 12.6. The number of amides is 2. The summed E-state index contributed by atoms with van der Waals surface area (Å²) in [6.45, 7) is 5.95. The van der Waals surface area contributed by atoms with Crippen LogP contribution < -0.4 is 10.6 Å². The van der Waals surface area contributed by atoms with Crippen LogP contribution in [0.2, 0.25) is 0 Å². The quantitative estimate of drug-likeness (QED) is 0.668. The number of carbonyl (C=O) groups excluding carboxylic acids is 2. The molecule has 3 rings (SSSR count). The summed E-state index contributed by atoms with van der Waals surface area (Å²) in [6.07, 6.45) is 3.05. The fourth-order valence-electron chi connectivity index (χ4n) is 2.67. The Bertz CT molecular complexity index is 974. The van der Waals surface area contributed by atoms with E-state index in [0.29, 0.717) is 17.8 Å². The molecule has 0 radical (unpaired) electrons. The first-order chi connectivity index (χ1) is 13.8. The average Bonchev–Trinajstić information content (AvgIpc) is 3.15. The van der Waals surface area contributed by atoms with Crippen LogP contribution in [0.3, 0.4) is 0 Å². The lowest BCUT2D eigenvalue weighted by Gasteiger charge is -2.19. The fraction of sp³-hybridized carbons (Fsp3) is 0.227. The van der Waals surface area contributed by atoms with Gasteiger partial charge in [-0.15, -0.1) is 0 Å². The minimum Gasteiger partial charge on any atom is -0.444 e. The van der Waals surface area contributed by atoms with Crippen LogP contribution in [-0.2, 0) is 11.3 Å². The molecular weight excluding hydrogens is 368 g/mol. The van der Waals surface area contributed by atoms with E-state index in [4.69, 9.17) is 4.74 Å². The van der Waals surface area contributed by atoms with Gasteiger partial charge in [0.1, 0.15) is 5.60 Å². The molecule has 0 bridgehead atoms. The second-order valence-electron chi connectivity index (χ2n) is 7.52. The highest BCUT2D eigenvalue weighted by molar-refractivity contribution is 6.05. The van der Waals surface area contributed by atoms with E-state index in [0.717, 1.165) is 11.3 Å². The van der Waals surface area contributed by atoms with E-state index < -0.39 is 11.7 Å². The Kier molecular flexibility index (Phi) is 5.97. The molecule has 7 nitrogen and oxygen atoms in total. The molecule has 7 heteroatoms. The number of nitrogens with zero attached hydrogens (tertiary/aromatic N) is 2. The number of ether oxygens (including phenoxy) is 1. The van der Waals surface area contributed by atoms with Crippen molar-refractivity contribution in [2.24, 2.45) is 0 Å². The van der Waals surface area contributed by atoms with Crippen LogP contribution in [0.15, 0.2) is 67.0 Å². The van der Waals surface area contributed by atoms with Crippen LogP contribution in [0.4, 0.5) is 16.2 Å². The number of nitrogens with one attached hydrogen (secondary N) is 2. The van der Waals surface area contributed by atoms with E-state index >= 15 is 0 Å². The molecule has 0 fully saturated rings. The van der Waals surface area contributed by atoms with Crippen molar-refractivity contribution >= 4 is 23.4 Å². The summed E-state index contributed by atoms with van der Waals surface area (Å²) in [5, 5.41) is 9.79. The summed E-state index contributed by atoms with van der Waals surface area (Å²) in [5.41, 5.74) is 2.13. The van der Waals surface area contributed by atoms with E-state index in [1.54, 1.807) is 55.9 Å². The van der Waals surface area contributed by atoms with E-state index in [1.807, 2.05) is 36.5 Å². The normalized spacial score (nSPS) is 11.0. The first kappa shape index (κ1) is 20.1. The van der Waals surface area contributed by atoms with Crippen molar-refractivity contribution in [1.29, 1.82) is 0 Å².